The van der Waals surface area contributed by atoms with Crippen molar-refractivity contribution in [1.29, 1.82) is 0 Å². The van der Waals surface area contributed by atoms with Crippen molar-refractivity contribution in [3.05, 3.63) is 52.6 Å². The van der Waals surface area contributed by atoms with Crippen LogP contribution in [0.2, 0.25) is 0 Å². The molecule has 138 valence electrons. The number of rotatable bonds is 4. The highest BCUT2D eigenvalue weighted by molar-refractivity contribution is 5.57. The van der Waals surface area contributed by atoms with Crippen LogP contribution in [0.5, 0.6) is 28.7 Å². The first-order chi connectivity index (χ1) is 12.4. The SMILES string of the molecule is COc1ccc([C@H]2COc3c(ccc(O)c3O)C2)c(O)c1CC=C(C)C. The molecule has 0 aliphatic carbocycles. The van der Waals surface area contributed by atoms with Crippen LogP contribution in [0.4, 0.5) is 0 Å². The molecule has 0 bridgehead atoms. The van der Waals surface area contributed by atoms with Crippen molar-refractivity contribution in [2.45, 2.75) is 32.6 Å². The monoisotopic (exact) mass is 356 g/mol. The van der Waals surface area contributed by atoms with Gasteiger partial charge >= 0.3 is 0 Å². The second-order valence-corrected chi connectivity index (χ2v) is 6.80. The fourth-order valence-corrected chi connectivity index (χ4v) is 3.29. The molecule has 3 N–H and O–H groups in total. The topological polar surface area (TPSA) is 79.2 Å². The van der Waals surface area contributed by atoms with Gasteiger partial charge in [-0.05, 0) is 44.4 Å². The second-order valence-electron chi connectivity index (χ2n) is 6.80. The van der Waals surface area contributed by atoms with Gasteiger partial charge in [-0.2, -0.15) is 0 Å². The number of hydrogen-bond acceptors (Lipinski definition) is 5. The smallest absolute Gasteiger partial charge is 0.200 e. The average Bonchev–Trinajstić information content (AvgIpc) is 2.63. The van der Waals surface area contributed by atoms with Gasteiger partial charge in [0.2, 0.25) is 5.75 Å². The molecule has 1 aliphatic heterocycles. The van der Waals surface area contributed by atoms with Gasteiger partial charge in [0, 0.05) is 17.0 Å². The van der Waals surface area contributed by atoms with Crippen LogP contribution in [0.1, 0.15) is 36.5 Å². The molecular formula is C21H24O5. The Morgan fingerprint density at radius 2 is 1.92 bits per heavy atom. The Kier molecular flexibility index (Phi) is 4.98. The number of ether oxygens (including phenoxy) is 2. The van der Waals surface area contributed by atoms with Crippen LogP contribution in [0, 0.1) is 0 Å². The van der Waals surface area contributed by atoms with Crippen molar-refractivity contribution in [3.63, 3.8) is 0 Å². The van der Waals surface area contributed by atoms with Gasteiger partial charge in [0.25, 0.3) is 0 Å². The Labute approximate surface area is 153 Å². The Morgan fingerprint density at radius 1 is 1.15 bits per heavy atom. The first-order valence-electron chi connectivity index (χ1n) is 8.61. The van der Waals surface area contributed by atoms with Gasteiger partial charge in [-0.25, -0.2) is 0 Å². The van der Waals surface area contributed by atoms with Gasteiger partial charge in [0.1, 0.15) is 11.5 Å². The van der Waals surface area contributed by atoms with Crippen LogP contribution in [0.3, 0.4) is 0 Å². The summed E-state index contributed by atoms with van der Waals surface area (Å²) in [7, 11) is 1.59. The van der Waals surface area contributed by atoms with Crippen molar-refractivity contribution in [3.8, 4) is 28.7 Å². The Hall–Kier alpha value is -2.82. The standard InChI is InChI=1S/C21H24O5/c1-12(2)4-6-16-18(25-3)9-7-15(19(16)23)14-10-13-5-8-17(22)20(24)21(13)26-11-14/h4-5,7-9,14,22-24H,6,10-11H2,1-3H3/t14-/m1/s1. The molecule has 2 aromatic rings. The minimum absolute atomic E-state index is 0.0530. The van der Waals surface area contributed by atoms with E-state index in [0.717, 1.165) is 16.7 Å². The van der Waals surface area contributed by atoms with Crippen LogP contribution < -0.4 is 9.47 Å². The summed E-state index contributed by atoms with van der Waals surface area (Å²) in [6.07, 6.45) is 3.24. The molecule has 0 amide bonds. The highest BCUT2D eigenvalue weighted by atomic mass is 16.5. The van der Waals surface area contributed by atoms with Crippen molar-refractivity contribution in [1.82, 2.24) is 0 Å². The molecule has 0 fully saturated rings. The quantitative estimate of drug-likeness (QED) is 0.569. The van der Waals surface area contributed by atoms with E-state index < -0.39 is 0 Å². The minimum atomic E-state index is -0.232. The summed E-state index contributed by atoms with van der Waals surface area (Å²) in [5.41, 5.74) is 3.52. The van der Waals surface area contributed by atoms with Crippen LogP contribution >= 0.6 is 0 Å². The molecule has 0 spiro atoms. The Bertz CT molecular complexity index is 850. The molecule has 3 rings (SSSR count). The van der Waals surface area contributed by atoms with E-state index >= 15 is 0 Å². The summed E-state index contributed by atoms with van der Waals surface area (Å²) in [4.78, 5) is 0. The summed E-state index contributed by atoms with van der Waals surface area (Å²) < 4.78 is 11.1. The van der Waals surface area contributed by atoms with Crippen LogP contribution in [-0.4, -0.2) is 29.0 Å². The molecule has 1 aliphatic rings. The molecule has 0 saturated carbocycles. The van der Waals surface area contributed by atoms with Gasteiger partial charge in [0.05, 0.1) is 13.7 Å². The summed E-state index contributed by atoms with van der Waals surface area (Å²) >= 11 is 0. The lowest BCUT2D eigenvalue weighted by Gasteiger charge is -2.27. The van der Waals surface area contributed by atoms with E-state index in [0.29, 0.717) is 30.9 Å². The molecule has 5 nitrogen and oxygen atoms in total. The molecule has 1 heterocycles. The van der Waals surface area contributed by atoms with E-state index in [-0.39, 0.29) is 23.2 Å². The maximum atomic E-state index is 10.9. The molecule has 26 heavy (non-hydrogen) atoms. The van der Waals surface area contributed by atoms with E-state index in [1.807, 2.05) is 26.0 Å². The number of methoxy groups -OCH3 is 1. The van der Waals surface area contributed by atoms with E-state index in [4.69, 9.17) is 9.47 Å². The maximum Gasteiger partial charge on any atom is 0.200 e. The highest BCUT2D eigenvalue weighted by Gasteiger charge is 2.28. The van der Waals surface area contributed by atoms with E-state index in [9.17, 15) is 15.3 Å². The minimum Gasteiger partial charge on any atom is -0.507 e. The molecule has 2 aromatic carbocycles. The number of phenolic OH excluding ortho intramolecular Hbond substituents is 3. The lowest BCUT2D eigenvalue weighted by atomic mass is 9.87. The summed E-state index contributed by atoms with van der Waals surface area (Å²) in [6.45, 7) is 4.34. The molecule has 1 atom stereocenters. The number of hydrogen-bond donors (Lipinski definition) is 3. The first kappa shape index (κ1) is 18.0. The second kappa shape index (κ2) is 7.20. The van der Waals surface area contributed by atoms with Gasteiger partial charge < -0.3 is 24.8 Å². The zero-order valence-electron chi connectivity index (χ0n) is 15.2. The Balaban J connectivity index is 1.96. The van der Waals surface area contributed by atoms with Gasteiger partial charge in [-0.1, -0.05) is 23.8 Å². The number of allylic oxidation sites excluding steroid dienone is 2. The molecular weight excluding hydrogens is 332 g/mol. The third-order valence-electron chi connectivity index (χ3n) is 4.73. The van der Waals surface area contributed by atoms with Crippen LogP contribution in [-0.2, 0) is 12.8 Å². The lowest BCUT2D eigenvalue weighted by molar-refractivity contribution is 0.244. The van der Waals surface area contributed by atoms with Crippen molar-refractivity contribution < 1.29 is 24.8 Å². The summed E-state index contributed by atoms with van der Waals surface area (Å²) in [5.74, 6) is 0.717. The van der Waals surface area contributed by atoms with Crippen molar-refractivity contribution in [2.75, 3.05) is 13.7 Å². The molecule has 5 heteroatoms. The van der Waals surface area contributed by atoms with E-state index in [1.54, 1.807) is 13.2 Å². The van der Waals surface area contributed by atoms with Crippen LogP contribution in [0.15, 0.2) is 35.9 Å². The van der Waals surface area contributed by atoms with Crippen molar-refractivity contribution in [2.24, 2.45) is 0 Å². The number of benzene rings is 2. The van der Waals surface area contributed by atoms with Crippen molar-refractivity contribution >= 4 is 0 Å². The highest BCUT2D eigenvalue weighted by Crippen LogP contribution is 2.45. The third kappa shape index (κ3) is 3.29. The van der Waals surface area contributed by atoms with Gasteiger partial charge in [0.15, 0.2) is 11.5 Å². The fraction of sp³-hybridized carbons (Fsp3) is 0.333. The zero-order chi connectivity index (χ0) is 18.8. The Morgan fingerprint density at radius 3 is 2.62 bits per heavy atom. The molecule has 0 radical (unpaired) electrons. The van der Waals surface area contributed by atoms with E-state index in [2.05, 4.69) is 6.08 Å². The lowest BCUT2D eigenvalue weighted by Crippen LogP contribution is -2.19. The molecule has 0 aromatic heterocycles. The largest absolute Gasteiger partial charge is 0.507 e. The first-order valence-corrected chi connectivity index (χ1v) is 8.61. The third-order valence-corrected chi connectivity index (χ3v) is 4.73. The normalized spacial score (nSPS) is 15.7. The molecule has 0 unspecified atom stereocenters. The zero-order valence-corrected chi connectivity index (χ0v) is 15.2. The van der Waals surface area contributed by atoms with Gasteiger partial charge in [-0.3, -0.25) is 0 Å². The number of aromatic hydroxyl groups is 3. The van der Waals surface area contributed by atoms with Crippen LogP contribution in [0.25, 0.3) is 0 Å². The van der Waals surface area contributed by atoms with Gasteiger partial charge in [-0.15, -0.1) is 0 Å². The maximum absolute atomic E-state index is 10.9. The number of phenols is 3. The molecule has 0 saturated heterocycles. The predicted molar refractivity (Wildman–Crippen MR) is 99.5 cm³/mol. The summed E-state index contributed by atoms with van der Waals surface area (Å²) in [6, 6.07) is 6.92. The summed E-state index contributed by atoms with van der Waals surface area (Å²) in [5, 5.41) is 30.4. The number of fused-ring (bicyclic) bond motifs is 1. The van der Waals surface area contributed by atoms with E-state index in [1.165, 1.54) is 11.6 Å². The predicted octanol–water partition coefficient (Wildman–Crippen LogP) is 4.04. The fourth-order valence-electron chi connectivity index (χ4n) is 3.29. The average molecular weight is 356 g/mol.